The van der Waals surface area contributed by atoms with E-state index >= 15 is 0 Å². The second-order valence-electron chi connectivity index (χ2n) is 5.90. The first-order valence-corrected chi connectivity index (χ1v) is 6.71. The molecule has 2 rings (SSSR count). The smallest absolute Gasteiger partial charge is 0.273 e. The molecule has 6 nitrogen and oxygen atoms in total. The van der Waals surface area contributed by atoms with Gasteiger partial charge in [0.1, 0.15) is 0 Å². The van der Waals surface area contributed by atoms with E-state index in [0.29, 0.717) is 5.76 Å². The number of carbonyl (C=O) groups excluding carboxylic acids is 1. The van der Waals surface area contributed by atoms with Crippen molar-refractivity contribution in [2.75, 3.05) is 6.54 Å². The highest BCUT2D eigenvalue weighted by Crippen LogP contribution is 2.20. The van der Waals surface area contributed by atoms with E-state index in [-0.39, 0.29) is 23.6 Å². The lowest BCUT2D eigenvalue weighted by atomic mass is 9.89. The standard InChI is InChI=1S/C15H19N3O3/c1-15(2,3)13(19)9-17-14(20)11-8-12(21-18-11)10-4-6-16-7-5-10/h4-8,13,19H,9H2,1-3H3,(H,17,20). The maximum atomic E-state index is 12.0. The summed E-state index contributed by atoms with van der Waals surface area (Å²) < 4.78 is 5.14. The van der Waals surface area contributed by atoms with Crippen LogP contribution in [0.1, 0.15) is 31.3 Å². The SMILES string of the molecule is CC(C)(C)C(O)CNC(=O)c1cc(-c2ccncc2)on1. The molecule has 2 aromatic rings. The molecule has 6 heteroatoms. The molecule has 0 aliphatic carbocycles. The van der Waals surface area contributed by atoms with Gasteiger partial charge < -0.3 is 14.9 Å². The number of nitrogens with one attached hydrogen (secondary N) is 1. The maximum absolute atomic E-state index is 12.0. The lowest BCUT2D eigenvalue weighted by molar-refractivity contribution is 0.0584. The third kappa shape index (κ3) is 3.88. The van der Waals surface area contributed by atoms with E-state index in [1.807, 2.05) is 20.8 Å². The third-order valence-corrected chi connectivity index (χ3v) is 3.16. The number of pyridine rings is 1. The zero-order chi connectivity index (χ0) is 15.5. The van der Waals surface area contributed by atoms with Crippen molar-refractivity contribution in [1.29, 1.82) is 0 Å². The van der Waals surface area contributed by atoms with Crippen LogP contribution in [-0.2, 0) is 0 Å². The average Bonchev–Trinajstić information content (AvgIpc) is 2.94. The summed E-state index contributed by atoms with van der Waals surface area (Å²) in [6.07, 6.45) is 2.64. The highest BCUT2D eigenvalue weighted by Gasteiger charge is 2.23. The fourth-order valence-corrected chi connectivity index (χ4v) is 1.62. The number of nitrogens with zero attached hydrogens (tertiary/aromatic N) is 2. The minimum atomic E-state index is -0.631. The van der Waals surface area contributed by atoms with Gasteiger partial charge in [-0.15, -0.1) is 0 Å². The molecule has 0 fully saturated rings. The fourth-order valence-electron chi connectivity index (χ4n) is 1.62. The zero-order valence-electron chi connectivity index (χ0n) is 12.3. The topological polar surface area (TPSA) is 88.2 Å². The Morgan fingerprint density at radius 1 is 1.38 bits per heavy atom. The molecule has 0 radical (unpaired) electrons. The molecule has 1 unspecified atom stereocenters. The van der Waals surface area contributed by atoms with Crippen molar-refractivity contribution < 1.29 is 14.4 Å². The Morgan fingerprint density at radius 2 is 2.05 bits per heavy atom. The molecule has 1 amide bonds. The number of aliphatic hydroxyl groups is 1. The highest BCUT2D eigenvalue weighted by atomic mass is 16.5. The second-order valence-corrected chi connectivity index (χ2v) is 5.90. The summed E-state index contributed by atoms with van der Waals surface area (Å²) in [5, 5.41) is 16.3. The molecule has 112 valence electrons. The summed E-state index contributed by atoms with van der Waals surface area (Å²) in [4.78, 5) is 15.9. The highest BCUT2D eigenvalue weighted by molar-refractivity contribution is 5.93. The van der Waals surface area contributed by atoms with E-state index in [9.17, 15) is 9.90 Å². The summed E-state index contributed by atoms with van der Waals surface area (Å²) in [6.45, 7) is 5.88. The van der Waals surface area contributed by atoms with Crippen LogP contribution in [0.3, 0.4) is 0 Å². The normalized spacial score (nSPS) is 13.0. The molecule has 0 bridgehead atoms. The van der Waals surface area contributed by atoms with Gasteiger partial charge in [0.25, 0.3) is 5.91 Å². The molecular weight excluding hydrogens is 270 g/mol. The van der Waals surface area contributed by atoms with Crippen LogP contribution in [0.2, 0.25) is 0 Å². The molecule has 0 spiro atoms. The van der Waals surface area contributed by atoms with Crippen molar-refractivity contribution in [3.63, 3.8) is 0 Å². The predicted molar refractivity (Wildman–Crippen MR) is 77.5 cm³/mol. The van der Waals surface area contributed by atoms with Crippen molar-refractivity contribution in [2.45, 2.75) is 26.9 Å². The Kier molecular flexibility index (Phi) is 4.37. The number of carbonyl (C=O) groups is 1. The number of hydrogen-bond donors (Lipinski definition) is 2. The van der Waals surface area contributed by atoms with E-state index in [2.05, 4.69) is 15.5 Å². The predicted octanol–water partition coefficient (Wildman–Crippen LogP) is 1.87. The first-order chi connectivity index (χ1) is 9.88. The molecule has 2 heterocycles. The Hall–Kier alpha value is -2.21. The Morgan fingerprint density at radius 3 is 2.67 bits per heavy atom. The van der Waals surface area contributed by atoms with Crippen molar-refractivity contribution in [1.82, 2.24) is 15.5 Å². The minimum Gasteiger partial charge on any atom is -0.391 e. The van der Waals surface area contributed by atoms with Crippen LogP contribution >= 0.6 is 0 Å². The molecule has 0 aliphatic rings. The van der Waals surface area contributed by atoms with Crippen LogP contribution in [0.15, 0.2) is 35.1 Å². The third-order valence-electron chi connectivity index (χ3n) is 3.16. The second kappa shape index (κ2) is 6.05. The molecular formula is C15H19N3O3. The molecule has 21 heavy (non-hydrogen) atoms. The van der Waals surface area contributed by atoms with Gasteiger partial charge in [0.05, 0.1) is 6.10 Å². The lowest BCUT2D eigenvalue weighted by Crippen LogP contribution is -2.39. The van der Waals surface area contributed by atoms with Crippen LogP contribution in [0.4, 0.5) is 0 Å². The molecule has 0 aliphatic heterocycles. The van der Waals surface area contributed by atoms with Crippen molar-refractivity contribution in [3.05, 3.63) is 36.3 Å². The van der Waals surface area contributed by atoms with E-state index in [4.69, 9.17) is 4.52 Å². The molecule has 0 saturated heterocycles. The Labute approximate surface area is 123 Å². The largest absolute Gasteiger partial charge is 0.391 e. The molecule has 2 N–H and O–H groups in total. The number of amides is 1. The first-order valence-electron chi connectivity index (χ1n) is 6.71. The van der Waals surface area contributed by atoms with Crippen LogP contribution in [0, 0.1) is 5.41 Å². The summed E-state index contributed by atoms with van der Waals surface area (Å²) >= 11 is 0. The number of aromatic nitrogens is 2. The van der Waals surface area contributed by atoms with Gasteiger partial charge in [-0.3, -0.25) is 9.78 Å². The molecule has 0 saturated carbocycles. The van der Waals surface area contributed by atoms with Gasteiger partial charge in [-0.25, -0.2) is 0 Å². The van der Waals surface area contributed by atoms with Crippen molar-refractivity contribution in [2.24, 2.45) is 5.41 Å². The number of aliphatic hydroxyl groups excluding tert-OH is 1. The van der Waals surface area contributed by atoms with Crippen LogP contribution < -0.4 is 5.32 Å². The van der Waals surface area contributed by atoms with E-state index in [0.717, 1.165) is 5.56 Å². The molecule has 2 aromatic heterocycles. The zero-order valence-corrected chi connectivity index (χ0v) is 12.3. The van der Waals surface area contributed by atoms with Gasteiger partial charge in [-0.2, -0.15) is 0 Å². The summed E-state index contributed by atoms with van der Waals surface area (Å²) in [7, 11) is 0. The average molecular weight is 289 g/mol. The van der Waals surface area contributed by atoms with Crippen LogP contribution in [0.25, 0.3) is 11.3 Å². The number of hydrogen-bond acceptors (Lipinski definition) is 5. The Bertz CT molecular complexity index is 602. The molecule has 0 aromatic carbocycles. The van der Waals surface area contributed by atoms with Gasteiger partial charge in [0, 0.05) is 30.6 Å². The van der Waals surface area contributed by atoms with Crippen LogP contribution in [0.5, 0.6) is 0 Å². The lowest BCUT2D eigenvalue weighted by Gasteiger charge is -2.25. The van der Waals surface area contributed by atoms with Gasteiger partial charge in [0.15, 0.2) is 11.5 Å². The molecule has 1 atom stereocenters. The summed E-state index contributed by atoms with van der Waals surface area (Å²) in [6, 6.07) is 5.10. The van der Waals surface area contributed by atoms with E-state index < -0.39 is 6.10 Å². The van der Waals surface area contributed by atoms with Gasteiger partial charge in [0.2, 0.25) is 0 Å². The van der Waals surface area contributed by atoms with Gasteiger partial charge >= 0.3 is 0 Å². The summed E-state index contributed by atoms with van der Waals surface area (Å²) in [5.74, 6) is 0.126. The first kappa shape index (κ1) is 15.2. The fraction of sp³-hybridized carbons (Fsp3) is 0.400. The number of rotatable bonds is 4. The van der Waals surface area contributed by atoms with E-state index in [1.165, 1.54) is 0 Å². The van der Waals surface area contributed by atoms with Crippen molar-refractivity contribution >= 4 is 5.91 Å². The van der Waals surface area contributed by atoms with Gasteiger partial charge in [-0.1, -0.05) is 25.9 Å². The Balaban J connectivity index is 2.00. The summed E-state index contributed by atoms with van der Waals surface area (Å²) in [5.41, 5.74) is 0.688. The van der Waals surface area contributed by atoms with E-state index in [1.54, 1.807) is 30.6 Å². The van der Waals surface area contributed by atoms with Gasteiger partial charge in [-0.05, 0) is 17.5 Å². The van der Waals surface area contributed by atoms with Crippen molar-refractivity contribution in [3.8, 4) is 11.3 Å². The minimum absolute atomic E-state index is 0.166. The van der Waals surface area contributed by atoms with Crippen LogP contribution in [-0.4, -0.2) is 33.8 Å². The monoisotopic (exact) mass is 289 g/mol. The quantitative estimate of drug-likeness (QED) is 0.897. The maximum Gasteiger partial charge on any atom is 0.273 e.